The van der Waals surface area contributed by atoms with Crippen LogP contribution in [-0.2, 0) is 17.5 Å². The summed E-state index contributed by atoms with van der Waals surface area (Å²) < 4.78 is 52.4. The van der Waals surface area contributed by atoms with E-state index in [2.05, 4.69) is 39.0 Å². The molecule has 0 bridgehead atoms. The van der Waals surface area contributed by atoms with Crippen molar-refractivity contribution < 1.29 is 22.6 Å². The molecule has 2 heterocycles. The van der Waals surface area contributed by atoms with Gasteiger partial charge in [-0.2, -0.15) is 18.2 Å². The van der Waals surface area contributed by atoms with Gasteiger partial charge < -0.3 is 14.4 Å². The molecule has 0 spiro atoms. The Hall–Kier alpha value is -3.59. The second-order valence-corrected chi connectivity index (χ2v) is 10.9. The number of benzene rings is 3. The highest BCUT2D eigenvalue weighted by Crippen LogP contribution is 2.37. The molecular weight excluding hydrogens is 575 g/mol. The molecule has 226 valence electrons. The molecule has 0 aliphatic carbocycles. The van der Waals surface area contributed by atoms with Crippen molar-refractivity contribution in [3.05, 3.63) is 124 Å². The zero-order valence-electron chi connectivity index (χ0n) is 23.8. The summed E-state index contributed by atoms with van der Waals surface area (Å²) in [6.45, 7) is 4.77. The molecule has 0 radical (unpaired) electrons. The van der Waals surface area contributed by atoms with Gasteiger partial charge >= 0.3 is 6.18 Å². The number of ether oxygens (including phenoxy) is 2. The van der Waals surface area contributed by atoms with Crippen LogP contribution in [0.5, 0.6) is 5.88 Å². The normalized spacial score (nSPS) is 14.0. The van der Waals surface area contributed by atoms with Crippen molar-refractivity contribution in [3.8, 4) is 5.88 Å². The van der Waals surface area contributed by atoms with Gasteiger partial charge in [-0.1, -0.05) is 90.5 Å². The highest BCUT2D eigenvalue weighted by molar-refractivity contribution is 6.32. The molecule has 0 N–H and O–H groups in total. The number of pyridine rings is 1. The van der Waals surface area contributed by atoms with Gasteiger partial charge in [0.15, 0.2) is 0 Å². The average Bonchev–Trinajstić information content (AvgIpc) is 3.03. The predicted molar refractivity (Wildman–Crippen MR) is 164 cm³/mol. The summed E-state index contributed by atoms with van der Waals surface area (Å²) in [5, 5.41) is -0.253. The van der Waals surface area contributed by atoms with Crippen LogP contribution in [-0.4, -0.2) is 55.9 Å². The van der Waals surface area contributed by atoms with Crippen molar-refractivity contribution in [2.24, 2.45) is 0 Å². The minimum Gasteiger partial charge on any atom is -0.478 e. The lowest BCUT2D eigenvalue weighted by molar-refractivity contribution is -0.137. The van der Waals surface area contributed by atoms with Gasteiger partial charge in [0.2, 0.25) is 5.88 Å². The van der Waals surface area contributed by atoms with E-state index in [0.717, 1.165) is 36.1 Å². The SMILES string of the molecule is FC(F)(F)c1cccc(CN(CCCOc2cccc(N3CCOCC3)n2)CC(c2ccccc2)c2ccccc2)c1Cl. The van der Waals surface area contributed by atoms with Gasteiger partial charge in [-0.15, -0.1) is 0 Å². The maximum Gasteiger partial charge on any atom is 0.417 e. The van der Waals surface area contributed by atoms with Crippen LogP contribution in [0.4, 0.5) is 19.0 Å². The van der Waals surface area contributed by atoms with E-state index in [1.54, 1.807) is 6.07 Å². The highest BCUT2D eigenvalue weighted by Gasteiger charge is 2.34. The first-order valence-corrected chi connectivity index (χ1v) is 14.9. The van der Waals surface area contributed by atoms with Crippen LogP contribution in [0.25, 0.3) is 0 Å². The van der Waals surface area contributed by atoms with Crippen molar-refractivity contribution >= 4 is 17.4 Å². The zero-order chi connectivity index (χ0) is 30.1. The maximum absolute atomic E-state index is 13.6. The summed E-state index contributed by atoms with van der Waals surface area (Å²) in [6, 6.07) is 30.2. The fourth-order valence-electron chi connectivity index (χ4n) is 5.35. The number of nitrogens with zero attached hydrogens (tertiary/aromatic N) is 3. The Morgan fingerprint density at radius 3 is 2.16 bits per heavy atom. The third kappa shape index (κ3) is 8.50. The number of hydrogen-bond acceptors (Lipinski definition) is 5. The molecule has 1 fully saturated rings. The molecule has 9 heteroatoms. The zero-order valence-corrected chi connectivity index (χ0v) is 24.6. The fourth-order valence-corrected chi connectivity index (χ4v) is 5.64. The molecule has 3 aromatic carbocycles. The topological polar surface area (TPSA) is 37.8 Å². The van der Waals surface area contributed by atoms with Crippen molar-refractivity contribution in [1.29, 1.82) is 0 Å². The Labute approximate surface area is 255 Å². The molecule has 1 saturated heterocycles. The Balaban J connectivity index is 1.32. The standard InChI is InChI=1S/C34H35ClF3N3O2/c35-33-28(14-7-15-30(33)34(36,37)38)24-40(25-29(26-10-3-1-4-11-26)27-12-5-2-6-13-27)18-9-21-43-32-17-8-16-31(39-32)41-19-22-42-23-20-41/h1-8,10-17,29H,9,18-25H2. The minimum atomic E-state index is -4.52. The number of rotatable bonds is 12. The van der Waals surface area contributed by atoms with E-state index in [1.165, 1.54) is 6.07 Å². The van der Waals surface area contributed by atoms with Gasteiger partial charge in [-0.3, -0.25) is 4.90 Å². The summed E-state index contributed by atoms with van der Waals surface area (Å²) in [7, 11) is 0. The average molecular weight is 610 g/mol. The number of hydrogen-bond donors (Lipinski definition) is 0. The summed E-state index contributed by atoms with van der Waals surface area (Å²) in [6.07, 6.45) is -3.87. The molecule has 1 aliphatic heterocycles. The first-order valence-electron chi connectivity index (χ1n) is 14.5. The van der Waals surface area contributed by atoms with Gasteiger partial charge in [0.05, 0.1) is 30.4 Å². The molecule has 5 rings (SSSR count). The summed E-state index contributed by atoms with van der Waals surface area (Å²) in [5.74, 6) is 1.41. The van der Waals surface area contributed by atoms with Crippen molar-refractivity contribution in [2.75, 3.05) is 50.9 Å². The number of alkyl halides is 3. The van der Waals surface area contributed by atoms with E-state index in [-0.39, 0.29) is 17.5 Å². The van der Waals surface area contributed by atoms with Gasteiger partial charge in [0.25, 0.3) is 0 Å². The van der Waals surface area contributed by atoms with Crippen molar-refractivity contribution in [1.82, 2.24) is 9.88 Å². The Kier molecular flexibility index (Phi) is 10.6. The second kappa shape index (κ2) is 14.7. The lowest BCUT2D eigenvalue weighted by atomic mass is 9.90. The fraction of sp³-hybridized carbons (Fsp3) is 0.324. The van der Waals surface area contributed by atoms with Crippen LogP contribution < -0.4 is 9.64 Å². The summed E-state index contributed by atoms with van der Waals surface area (Å²) in [5.41, 5.74) is 1.89. The van der Waals surface area contributed by atoms with E-state index in [1.807, 2.05) is 54.6 Å². The van der Waals surface area contributed by atoms with Crippen LogP contribution in [0, 0.1) is 0 Å². The van der Waals surface area contributed by atoms with E-state index in [9.17, 15) is 13.2 Å². The van der Waals surface area contributed by atoms with Gasteiger partial charge in [0, 0.05) is 44.7 Å². The van der Waals surface area contributed by atoms with Crippen LogP contribution >= 0.6 is 11.6 Å². The van der Waals surface area contributed by atoms with E-state index in [4.69, 9.17) is 21.1 Å². The maximum atomic E-state index is 13.6. The molecule has 5 nitrogen and oxygen atoms in total. The summed E-state index contributed by atoms with van der Waals surface area (Å²) in [4.78, 5) is 8.99. The van der Waals surface area contributed by atoms with E-state index in [0.29, 0.717) is 50.8 Å². The number of morpholine rings is 1. The minimum absolute atomic E-state index is 0.0137. The van der Waals surface area contributed by atoms with Gasteiger partial charge in [0.1, 0.15) is 5.82 Å². The van der Waals surface area contributed by atoms with Crippen LogP contribution in [0.3, 0.4) is 0 Å². The Bertz CT molecular complexity index is 1390. The lowest BCUT2D eigenvalue weighted by Gasteiger charge is -2.29. The van der Waals surface area contributed by atoms with E-state index >= 15 is 0 Å². The third-order valence-electron chi connectivity index (χ3n) is 7.54. The molecule has 0 atom stereocenters. The quantitative estimate of drug-likeness (QED) is 0.154. The highest BCUT2D eigenvalue weighted by atomic mass is 35.5. The predicted octanol–water partition coefficient (Wildman–Crippen LogP) is 7.69. The molecule has 0 saturated carbocycles. The van der Waals surface area contributed by atoms with Crippen molar-refractivity contribution in [2.45, 2.75) is 25.1 Å². The summed E-state index contributed by atoms with van der Waals surface area (Å²) >= 11 is 6.34. The van der Waals surface area contributed by atoms with Gasteiger partial charge in [-0.25, -0.2) is 0 Å². The molecule has 43 heavy (non-hydrogen) atoms. The number of aromatic nitrogens is 1. The van der Waals surface area contributed by atoms with Crippen molar-refractivity contribution in [3.63, 3.8) is 0 Å². The Morgan fingerprint density at radius 2 is 1.51 bits per heavy atom. The molecule has 4 aromatic rings. The smallest absolute Gasteiger partial charge is 0.417 e. The first kappa shape index (κ1) is 30.9. The van der Waals surface area contributed by atoms with Gasteiger partial charge in [-0.05, 0) is 35.2 Å². The van der Waals surface area contributed by atoms with Crippen LogP contribution in [0.15, 0.2) is 97.1 Å². The molecule has 0 amide bonds. The number of halogens is 4. The third-order valence-corrected chi connectivity index (χ3v) is 7.98. The Morgan fingerprint density at radius 1 is 0.860 bits per heavy atom. The largest absolute Gasteiger partial charge is 0.478 e. The lowest BCUT2D eigenvalue weighted by Crippen LogP contribution is -2.36. The van der Waals surface area contributed by atoms with E-state index < -0.39 is 11.7 Å². The molecular formula is C34H35ClF3N3O2. The monoisotopic (exact) mass is 609 g/mol. The molecule has 1 aromatic heterocycles. The number of anilines is 1. The second-order valence-electron chi connectivity index (χ2n) is 10.5. The molecule has 1 aliphatic rings. The van der Waals surface area contributed by atoms with Crippen LogP contribution in [0.2, 0.25) is 5.02 Å². The first-order chi connectivity index (χ1) is 20.9. The molecule has 0 unspecified atom stereocenters. The van der Waals surface area contributed by atoms with Crippen LogP contribution in [0.1, 0.15) is 34.6 Å².